The molecular formula is C16H19Br2N5O4S. The Bertz CT molecular complexity index is 838. The van der Waals surface area contributed by atoms with Crippen molar-refractivity contribution in [3.05, 3.63) is 26.1 Å². The van der Waals surface area contributed by atoms with Gasteiger partial charge in [-0.1, -0.05) is 11.3 Å². The lowest BCUT2D eigenvalue weighted by Gasteiger charge is -2.37. The molecule has 3 rings (SSSR count). The molecule has 0 spiro atoms. The van der Waals surface area contributed by atoms with Crippen LogP contribution in [0.1, 0.15) is 33.6 Å². The normalized spacial score (nSPS) is 19.5. The number of imidazole rings is 1. The van der Waals surface area contributed by atoms with Crippen LogP contribution in [0.5, 0.6) is 0 Å². The molecular weight excluding hydrogens is 518 g/mol. The van der Waals surface area contributed by atoms with E-state index in [-0.39, 0.29) is 29.8 Å². The van der Waals surface area contributed by atoms with Crippen LogP contribution in [0.25, 0.3) is 0 Å². The summed E-state index contributed by atoms with van der Waals surface area (Å²) in [6, 6.07) is -0.166. The van der Waals surface area contributed by atoms with Gasteiger partial charge < -0.3 is 24.7 Å². The van der Waals surface area contributed by atoms with E-state index in [4.69, 9.17) is 9.47 Å². The number of methoxy groups -OCH3 is 1. The first-order valence-electron chi connectivity index (χ1n) is 8.55. The van der Waals surface area contributed by atoms with Crippen molar-refractivity contribution in [3.63, 3.8) is 0 Å². The number of halogens is 2. The number of H-pyrrole nitrogens is 1. The minimum absolute atomic E-state index is 0.166. The minimum atomic E-state index is -0.368. The molecule has 0 aliphatic carbocycles. The van der Waals surface area contributed by atoms with Gasteiger partial charge in [-0.15, -0.1) is 0 Å². The summed E-state index contributed by atoms with van der Waals surface area (Å²) in [6.45, 7) is 3.31. The number of anilines is 1. The number of aromatic amines is 1. The summed E-state index contributed by atoms with van der Waals surface area (Å²) in [4.78, 5) is 38.1. The maximum absolute atomic E-state index is 12.5. The topological polar surface area (TPSA) is 109 Å². The average molecular weight is 537 g/mol. The smallest absolute Gasteiger partial charge is 0.350 e. The zero-order valence-electron chi connectivity index (χ0n) is 15.2. The standard InChI is InChI=1S/C16H19Br2N5O4S/c1-3-27-15(25)10-6-19-16(28-10)23-5-4-8(9(7-23)26-2)20-14(24)13-21-11(17)12(18)22-13/h6,8-9H,3-5,7H2,1-2H3,(H,20,24)(H,21,22). The Labute approximate surface area is 182 Å². The first kappa shape index (κ1) is 21.2. The lowest BCUT2D eigenvalue weighted by molar-refractivity contribution is 0.0530. The maximum atomic E-state index is 12.5. The molecule has 0 bridgehead atoms. The second kappa shape index (κ2) is 9.33. The van der Waals surface area contributed by atoms with E-state index in [1.54, 1.807) is 14.0 Å². The van der Waals surface area contributed by atoms with E-state index in [2.05, 4.69) is 52.1 Å². The van der Waals surface area contributed by atoms with Crippen LogP contribution in [0.15, 0.2) is 15.4 Å². The molecule has 12 heteroatoms. The number of thiazole rings is 1. The molecule has 2 N–H and O–H groups in total. The Morgan fingerprint density at radius 2 is 2.25 bits per heavy atom. The first-order chi connectivity index (χ1) is 13.4. The number of carbonyl (C=O) groups is 2. The summed E-state index contributed by atoms with van der Waals surface area (Å²) in [5.41, 5.74) is 0. The van der Waals surface area contributed by atoms with Crippen LogP contribution >= 0.6 is 43.2 Å². The number of amides is 1. The molecule has 0 radical (unpaired) electrons. The number of piperidine rings is 1. The largest absolute Gasteiger partial charge is 0.462 e. The van der Waals surface area contributed by atoms with Crippen molar-refractivity contribution in [3.8, 4) is 0 Å². The molecule has 0 aromatic carbocycles. The van der Waals surface area contributed by atoms with Gasteiger partial charge in [-0.25, -0.2) is 14.8 Å². The third-order valence-electron chi connectivity index (χ3n) is 4.25. The number of nitrogens with one attached hydrogen (secondary N) is 2. The van der Waals surface area contributed by atoms with E-state index in [9.17, 15) is 9.59 Å². The summed E-state index contributed by atoms with van der Waals surface area (Å²) in [7, 11) is 1.61. The minimum Gasteiger partial charge on any atom is -0.462 e. The predicted octanol–water partition coefficient (Wildman–Crippen LogP) is 2.59. The second-order valence-corrected chi connectivity index (χ2v) is 8.56. The molecule has 9 nitrogen and oxygen atoms in total. The van der Waals surface area contributed by atoms with Crippen LogP contribution in [-0.2, 0) is 9.47 Å². The Balaban J connectivity index is 1.63. The second-order valence-electron chi connectivity index (χ2n) is 6.01. The Kier molecular flexibility index (Phi) is 7.07. The van der Waals surface area contributed by atoms with Gasteiger partial charge in [0.05, 0.1) is 24.9 Å². The molecule has 0 saturated carbocycles. The SMILES string of the molecule is CCOC(=O)c1cnc(N2CCC(NC(=O)c3nc(Br)c(Br)[nH]3)C(OC)C2)s1. The summed E-state index contributed by atoms with van der Waals surface area (Å²) in [6.07, 6.45) is 1.97. The lowest BCUT2D eigenvalue weighted by Crippen LogP contribution is -2.55. The van der Waals surface area contributed by atoms with Gasteiger partial charge >= 0.3 is 5.97 Å². The fourth-order valence-electron chi connectivity index (χ4n) is 2.88. The lowest BCUT2D eigenvalue weighted by atomic mass is 10.0. The number of hydrogen-bond donors (Lipinski definition) is 2. The van der Waals surface area contributed by atoms with E-state index in [0.29, 0.717) is 40.2 Å². The van der Waals surface area contributed by atoms with Gasteiger partial charge in [0.25, 0.3) is 5.91 Å². The van der Waals surface area contributed by atoms with Gasteiger partial charge in [0.2, 0.25) is 0 Å². The van der Waals surface area contributed by atoms with Crippen LogP contribution in [0.3, 0.4) is 0 Å². The van der Waals surface area contributed by atoms with Gasteiger partial charge in [-0.05, 0) is 45.2 Å². The molecule has 1 amide bonds. The van der Waals surface area contributed by atoms with Crippen molar-refractivity contribution < 1.29 is 19.1 Å². The van der Waals surface area contributed by atoms with E-state index in [1.165, 1.54) is 17.5 Å². The van der Waals surface area contributed by atoms with E-state index in [0.717, 1.165) is 5.13 Å². The summed E-state index contributed by atoms with van der Waals surface area (Å²) >= 11 is 7.82. The number of aromatic nitrogens is 3. The summed E-state index contributed by atoms with van der Waals surface area (Å²) < 4.78 is 11.7. The molecule has 28 heavy (non-hydrogen) atoms. The highest BCUT2D eigenvalue weighted by atomic mass is 79.9. The number of nitrogens with zero attached hydrogens (tertiary/aromatic N) is 3. The molecule has 152 valence electrons. The van der Waals surface area contributed by atoms with Gasteiger partial charge in [-0.3, -0.25) is 4.79 Å². The maximum Gasteiger partial charge on any atom is 0.350 e. The van der Waals surface area contributed by atoms with E-state index >= 15 is 0 Å². The van der Waals surface area contributed by atoms with Crippen molar-refractivity contribution in [1.29, 1.82) is 0 Å². The number of carbonyl (C=O) groups excluding carboxylic acids is 2. The van der Waals surface area contributed by atoms with Crippen molar-refractivity contribution >= 4 is 60.2 Å². The van der Waals surface area contributed by atoms with Crippen molar-refractivity contribution in [2.45, 2.75) is 25.5 Å². The Morgan fingerprint density at radius 1 is 1.46 bits per heavy atom. The number of esters is 1. The monoisotopic (exact) mass is 535 g/mol. The van der Waals surface area contributed by atoms with Crippen LogP contribution < -0.4 is 10.2 Å². The average Bonchev–Trinajstić information content (AvgIpc) is 3.30. The van der Waals surface area contributed by atoms with Crippen LogP contribution in [0.4, 0.5) is 5.13 Å². The Morgan fingerprint density at radius 3 is 2.89 bits per heavy atom. The highest BCUT2D eigenvalue weighted by molar-refractivity contribution is 9.13. The van der Waals surface area contributed by atoms with Crippen LogP contribution in [-0.4, -0.2) is 65.8 Å². The Hall–Kier alpha value is -1.50. The molecule has 2 aromatic heterocycles. The zero-order valence-corrected chi connectivity index (χ0v) is 19.2. The number of hydrogen-bond acceptors (Lipinski definition) is 8. The first-order valence-corrected chi connectivity index (χ1v) is 11.0. The molecule has 2 unspecified atom stereocenters. The molecule has 1 saturated heterocycles. The van der Waals surface area contributed by atoms with Crippen LogP contribution in [0, 0.1) is 0 Å². The van der Waals surface area contributed by atoms with Crippen molar-refractivity contribution in [1.82, 2.24) is 20.3 Å². The van der Waals surface area contributed by atoms with Gasteiger partial charge in [-0.2, -0.15) is 0 Å². The molecule has 2 aromatic rings. The third-order valence-corrected chi connectivity index (χ3v) is 6.97. The molecule has 1 fully saturated rings. The number of rotatable bonds is 6. The van der Waals surface area contributed by atoms with Gasteiger partial charge in [0.1, 0.15) is 14.1 Å². The molecule has 1 aliphatic heterocycles. The summed E-state index contributed by atoms with van der Waals surface area (Å²) in [5.74, 6) is -0.451. The highest BCUT2D eigenvalue weighted by Gasteiger charge is 2.32. The quantitative estimate of drug-likeness (QED) is 0.546. The zero-order chi connectivity index (χ0) is 20.3. The predicted molar refractivity (Wildman–Crippen MR) is 111 cm³/mol. The van der Waals surface area contributed by atoms with Gasteiger partial charge in [0, 0.05) is 20.2 Å². The third kappa shape index (κ3) is 4.73. The number of ether oxygens (including phenoxy) is 2. The van der Waals surface area contributed by atoms with Crippen molar-refractivity contribution in [2.75, 3.05) is 31.7 Å². The highest BCUT2D eigenvalue weighted by Crippen LogP contribution is 2.27. The van der Waals surface area contributed by atoms with Crippen molar-refractivity contribution in [2.24, 2.45) is 0 Å². The van der Waals surface area contributed by atoms with Gasteiger partial charge in [0.15, 0.2) is 11.0 Å². The molecule has 1 aliphatic rings. The van der Waals surface area contributed by atoms with E-state index < -0.39 is 0 Å². The fraction of sp³-hybridized carbons (Fsp3) is 0.500. The van der Waals surface area contributed by atoms with Crippen LogP contribution in [0.2, 0.25) is 0 Å². The molecule has 3 heterocycles. The molecule has 2 atom stereocenters. The summed E-state index contributed by atoms with van der Waals surface area (Å²) in [5, 5.41) is 3.70. The van der Waals surface area contributed by atoms with E-state index in [1.807, 2.05) is 4.90 Å². The fourth-order valence-corrected chi connectivity index (χ4v) is 4.27.